The summed E-state index contributed by atoms with van der Waals surface area (Å²) in [6.07, 6.45) is 0.594. The van der Waals surface area contributed by atoms with Crippen LogP contribution < -0.4 is 4.74 Å². The summed E-state index contributed by atoms with van der Waals surface area (Å²) in [6.45, 7) is 2.51. The van der Waals surface area contributed by atoms with Crippen LogP contribution in [-0.4, -0.2) is 36.2 Å². The van der Waals surface area contributed by atoms with Crippen molar-refractivity contribution in [3.8, 4) is 5.75 Å². The molecule has 0 amide bonds. The molecule has 1 unspecified atom stereocenters. The highest BCUT2D eigenvalue weighted by atomic mass is 16.5. The first-order chi connectivity index (χ1) is 10.0. The van der Waals surface area contributed by atoms with Crippen molar-refractivity contribution in [2.75, 3.05) is 14.2 Å². The molecule has 0 spiro atoms. The third-order valence-electron chi connectivity index (χ3n) is 3.75. The lowest BCUT2D eigenvalue weighted by atomic mass is 10.1. The van der Waals surface area contributed by atoms with Crippen molar-refractivity contribution in [1.29, 1.82) is 0 Å². The quantitative estimate of drug-likeness (QED) is 0.886. The van der Waals surface area contributed by atoms with Crippen molar-refractivity contribution in [2.45, 2.75) is 25.9 Å². The minimum Gasteiger partial charge on any atom is -0.497 e. The van der Waals surface area contributed by atoms with Crippen molar-refractivity contribution in [2.24, 2.45) is 0 Å². The van der Waals surface area contributed by atoms with E-state index in [1.807, 2.05) is 49.2 Å². The zero-order chi connectivity index (χ0) is 15.4. The molecule has 0 radical (unpaired) electrons. The highest BCUT2D eigenvalue weighted by molar-refractivity contribution is 5.84. The van der Waals surface area contributed by atoms with Gasteiger partial charge >= 0.3 is 5.97 Å². The monoisotopic (exact) mass is 287 g/mol. The number of aliphatic carboxylic acids is 1. The molecular weight excluding hydrogens is 266 g/mol. The maximum Gasteiger partial charge on any atom is 0.320 e. The maximum atomic E-state index is 11.2. The Morgan fingerprint density at radius 1 is 1.24 bits per heavy atom. The number of hydrogen-bond donors (Lipinski definition) is 1. The number of methoxy groups -OCH3 is 1. The number of likely N-dealkylation sites (N-methyl/N-ethyl adjacent to an activating group) is 1. The molecule has 4 heteroatoms. The van der Waals surface area contributed by atoms with Crippen molar-refractivity contribution in [3.05, 3.63) is 42.0 Å². The Kier molecular flexibility index (Phi) is 4.81. The fraction of sp³-hybridized carbons (Fsp3) is 0.353. The summed E-state index contributed by atoms with van der Waals surface area (Å²) in [5, 5.41) is 11.4. The topological polar surface area (TPSA) is 49.8 Å². The largest absolute Gasteiger partial charge is 0.497 e. The Bertz CT molecular complexity index is 639. The molecule has 0 saturated carbocycles. The van der Waals surface area contributed by atoms with Gasteiger partial charge < -0.3 is 9.84 Å². The second-order valence-corrected chi connectivity index (χ2v) is 5.22. The molecule has 2 aromatic rings. The maximum absolute atomic E-state index is 11.2. The highest BCUT2D eigenvalue weighted by Crippen LogP contribution is 2.22. The van der Waals surface area contributed by atoms with Crippen LogP contribution in [0.4, 0.5) is 0 Å². The molecule has 112 valence electrons. The minimum absolute atomic E-state index is 0.448. The van der Waals surface area contributed by atoms with Crippen molar-refractivity contribution in [1.82, 2.24) is 4.90 Å². The number of carbonyl (C=O) groups is 1. The standard InChI is InChI=1S/C17H21NO3/c1-4-16(17(19)20)18(2)11-12-5-6-14-10-15(21-3)8-7-13(14)9-12/h5-10,16H,4,11H2,1-3H3,(H,19,20). The molecule has 0 aliphatic carbocycles. The molecule has 0 aromatic heterocycles. The average Bonchev–Trinajstić information content (AvgIpc) is 2.47. The van der Waals surface area contributed by atoms with Crippen LogP contribution in [0, 0.1) is 0 Å². The molecule has 0 fully saturated rings. The first-order valence-electron chi connectivity index (χ1n) is 7.05. The highest BCUT2D eigenvalue weighted by Gasteiger charge is 2.20. The van der Waals surface area contributed by atoms with Crippen LogP contribution in [0.5, 0.6) is 5.75 Å². The first-order valence-corrected chi connectivity index (χ1v) is 7.05. The summed E-state index contributed by atoms with van der Waals surface area (Å²) in [5.41, 5.74) is 1.11. The summed E-state index contributed by atoms with van der Waals surface area (Å²) in [4.78, 5) is 13.1. The summed E-state index contributed by atoms with van der Waals surface area (Å²) >= 11 is 0. The SMILES string of the molecule is CCC(C(=O)O)N(C)Cc1ccc2cc(OC)ccc2c1. The van der Waals surface area contributed by atoms with Crippen molar-refractivity contribution < 1.29 is 14.6 Å². The summed E-state index contributed by atoms with van der Waals surface area (Å²) in [6, 6.07) is 11.7. The van der Waals surface area contributed by atoms with Crippen LogP contribution in [0.15, 0.2) is 36.4 Å². The minimum atomic E-state index is -0.773. The van der Waals surface area contributed by atoms with Gasteiger partial charge in [0.25, 0.3) is 0 Å². The van der Waals surface area contributed by atoms with E-state index in [1.165, 1.54) is 0 Å². The van der Waals surface area contributed by atoms with E-state index in [1.54, 1.807) is 7.11 Å². The number of hydrogen-bond acceptors (Lipinski definition) is 3. The second kappa shape index (κ2) is 6.59. The number of benzene rings is 2. The van der Waals surface area contributed by atoms with Gasteiger partial charge in [-0.15, -0.1) is 0 Å². The second-order valence-electron chi connectivity index (χ2n) is 5.22. The van der Waals surface area contributed by atoms with Gasteiger partial charge in [0.05, 0.1) is 7.11 Å². The van der Waals surface area contributed by atoms with Crippen LogP contribution in [0.25, 0.3) is 10.8 Å². The number of nitrogens with zero attached hydrogens (tertiary/aromatic N) is 1. The van der Waals surface area contributed by atoms with Gasteiger partial charge in [0, 0.05) is 6.54 Å². The van der Waals surface area contributed by atoms with Gasteiger partial charge in [-0.05, 0) is 48.0 Å². The molecule has 0 aliphatic heterocycles. The molecule has 1 N–H and O–H groups in total. The van der Waals surface area contributed by atoms with Gasteiger partial charge in [-0.2, -0.15) is 0 Å². The molecule has 0 heterocycles. The number of carboxylic acid groups (broad SMARTS) is 1. The van der Waals surface area contributed by atoms with Gasteiger partial charge in [-0.25, -0.2) is 0 Å². The van der Waals surface area contributed by atoms with E-state index < -0.39 is 12.0 Å². The van der Waals surface area contributed by atoms with E-state index in [-0.39, 0.29) is 0 Å². The smallest absolute Gasteiger partial charge is 0.320 e. The van der Waals surface area contributed by atoms with Gasteiger partial charge in [-0.3, -0.25) is 9.69 Å². The summed E-state index contributed by atoms with van der Waals surface area (Å²) < 4.78 is 5.22. The molecule has 21 heavy (non-hydrogen) atoms. The molecule has 0 aliphatic rings. The van der Waals surface area contributed by atoms with Crippen LogP contribution in [-0.2, 0) is 11.3 Å². The number of fused-ring (bicyclic) bond motifs is 1. The van der Waals surface area contributed by atoms with Crippen molar-refractivity contribution >= 4 is 16.7 Å². The first kappa shape index (κ1) is 15.3. The van der Waals surface area contributed by atoms with Gasteiger partial charge in [0.1, 0.15) is 11.8 Å². The fourth-order valence-corrected chi connectivity index (χ4v) is 2.57. The lowest BCUT2D eigenvalue weighted by molar-refractivity contribution is -0.143. The summed E-state index contributed by atoms with van der Waals surface area (Å²) in [7, 11) is 3.50. The third kappa shape index (κ3) is 3.52. The molecule has 0 bridgehead atoms. The lowest BCUT2D eigenvalue weighted by Crippen LogP contribution is -2.37. The molecule has 4 nitrogen and oxygen atoms in total. The molecule has 2 rings (SSSR count). The molecular formula is C17H21NO3. The van der Waals surface area contributed by atoms with E-state index in [2.05, 4.69) is 6.07 Å². The van der Waals surface area contributed by atoms with Gasteiger partial charge in [-0.1, -0.05) is 25.1 Å². The molecule has 2 aromatic carbocycles. The van der Waals surface area contributed by atoms with Crippen LogP contribution >= 0.6 is 0 Å². The normalized spacial score (nSPS) is 12.6. The fourth-order valence-electron chi connectivity index (χ4n) is 2.57. The van der Waals surface area contributed by atoms with Crippen molar-refractivity contribution in [3.63, 3.8) is 0 Å². The van der Waals surface area contributed by atoms with Crippen LogP contribution in [0.1, 0.15) is 18.9 Å². The van der Waals surface area contributed by atoms with E-state index in [0.29, 0.717) is 13.0 Å². The Labute approximate surface area is 124 Å². The zero-order valence-electron chi connectivity index (χ0n) is 12.7. The molecule has 0 saturated heterocycles. The molecule has 1 atom stereocenters. The van der Waals surface area contributed by atoms with Gasteiger partial charge in [0.2, 0.25) is 0 Å². The number of rotatable bonds is 6. The van der Waals surface area contributed by atoms with Gasteiger partial charge in [0.15, 0.2) is 0 Å². The average molecular weight is 287 g/mol. The number of carboxylic acids is 1. The van der Waals surface area contributed by atoms with E-state index in [9.17, 15) is 9.90 Å². The number of ether oxygens (including phenoxy) is 1. The van der Waals surface area contributed by atoms with Crippen LogP contribution in [0.3, 0.4) is 0 Å². The van der Waals surface area contributed by atoms with E-state index in [4.69, 9.17) is 4.74 Å². The predicted octanol–water partition coefficient (Wildman–Crippen LogP) is 3.14. The Morgan fingerprint density at radius 3 is 2.52 bits per heavy atom. The predicted molar refractivity (Wildman–Crippen MR) is 83.7 cm³/mol. The lowest BCUT2D eigenvalue weighted by Gasteiger charge is -2.23. The third-order valence-corrected chi connectivity index (χ3v) is 3.75. The van der Waals surface area contributed by atoms with Crippen LogP contribution in [0.2, 0.25) is 0 Å². The Hall–Kier alpha value is -2.07. The van der Waals surface area contributed by atoms with E-state index in [0.717, 1.165) is 22.1 Å². The Morgan fingerprint density at radius 2 is 1.90 bits per heavy atom. The van der Waals surface area contributed by atoms with E-state index >= 15 is 0 Å². The Balaban J connectivity index is 2.21. The summed E-state index contributed by atoms with van der Waals surface area (Å²) in [5.74, 6) is 0.0646. The zero-order valence-corrected chi connectivity index (χ0v) is 12.7.